The van der Waals surface area contributed by atoms with Crippen LogP contribution >= 0.6 is 0 Å². The minimum absolute atomic E-state index is 0.0241. The van der Waals surface area contributed by atoms with E-state index in [0.717, 1.165) is 12.8 Å². The summed E-state index contributed by atoms with van der Waals surface area (Å²) in [4.78, 5) is 39.8. The molecule has 0 radical (unpaired) electrons. The quantitative estimate of drug-likeness (QED) is 0.302. The number of carbonyl (C=O) groups is 2. The van der Waals surface area contributed by atoms with E-state index in [9.17, 15) is 24.8 Å². The first-order valence-electron chi connectivity index (χ1n) is 9.68. The Bertz CT molecular complexity index is 820. The summed E-state index contributed by atoms with van der Waals surface area (Å²) in [7, 11) is 1.56. The normalized spacial score (nSPS) is 20.0. The molecule has 1 saturated heterocycles. The number of likely N-dealkylation sites (tertiary alicyclic amines) is 1. The number of aliphatic hydroxyl groups is 1. The number of methoxy groups -OCH3 is 1. The number of nitro groups is 1. The second-order valence-electron chi connectivity index (χ2n) is 7.27. The van der Waals surface area contributed by atoms with Crippen molar-refractivity contribution in [3.05, 3.63) is 45.6 Å². The predicted molar refractivity (Wildman–Crippen MR) is 105 cm³/mol. The summed E-state index contributed by atoms with van der Waals surface area (Å²) in [6, 6.07) is 5.67. The average Bonchev–Trinajstić information content (AvgIpc) is 2.98. The molecule has 1 atom stereocenters. The molecular formula is C20H25N3O6. The van der Waals surface area contributed by atoms with Gasteiger partial charge in [-0.2, -0.15) is 0 Å². The Morgan fingerprint density at radius 3 is 2.59 bits per heavy atom. The molecule has 0 bridgehead atoms. The van der Waals surface area contributed by atoms with E-state index in [2.05, 4.69) is 0 Å². The van der Waals surface area contributed by atoms with Crippen molar-refractivity contribution in [1.29, 1.82) is 0 Å². The minimum atomic E-state index is -0.506. The number of rotatable bonds is 8. The zero-order valence-corrected chi connectivity index (χ0v) is 16.4. The van der Waals surface area contributed by atoms with Crippen LogP contribution in [0.15, 0.2) is 30.0 Å². The Balaban J connectivity index is 1.98. The molecule has 9 heteroatoms. The first-order valence-corrected chi connectivity index (χ1v) is 9.68. The lowest BCUT2D eigenvalue weighted by Gasteiger charge is -2.34. The fraction of sp³-hybridized carbons (Fsp3) is 0.500. The van der Waals surface area contributed by atoms with Crippen molar-refractivity contribution >= 4 is 23.1 Å². The summed E-state index contributed by atoms with van der Waals surface area (Å²) < 4.78 is 5.03. The first-order chi connectivity index (χ1) is 14.0. The maximum absolute atomic E-state index is 13.2. The highest BCUT2D eigenvalue weighted by Gasteiger charge is 2.42. The summed E-state index contributed by atoms with van der Waals surface area (Å²) in [6.45, 7) is 1.80. The van der Waals surface area contributed by atoms with Crippen molar-refractivity contribution in [2.24, 2.45) is 5.92 Å². The number of piperidine rings is 1. The maximum atomic E-state index is 13.2. The van der Waals surface area contributed by atoms with Crippen molar-refractivity contribution in [2.75, 3.05) is 40.0 Å². The lowest BCUT2D eigenvalue weighted by Crippen LogP contribution is -2.40. The summed E-state index contributed by atoms with van der Waals surface area (Å²) in [5.41, 5.74) is 0.979. The molecular weight excluding hydrogens is 378 g/mol. The molecule has 156 valence electrons. The third kappa shape index (κ3) is 4.30. The maximum Gasteiger partial charge on any atom is 0.277 e. The van der Waals surface area contributed by atoms with Gasteiger partial charge in [0.25, 0.3) is 17.5 Å². The van der Waals surface area contributed by atoms with Crippen LogP contribution in [-0.4, -0.2) is 71.6 Å². The molecule has 1 aromatic carbocycles. The Morgan fingerprint density at radius 1 is 1.24 bits per heavy atom. The lowest BCUT2D eigenvalue weighted by atomic mass is 9.97. The highest BCUT2D eigenvalue weighted by atomic mass is 16.6. The van der Waals surface area contributed by atoms with Gasteiger partial charge < -0.3 is 14.7 Å². The summed E-state index contributed by atoms with van der Waals surface area (Å²) in [5, 5.41) is 20.5. The molecule has 1 fully saturated rings. The smallest absolute Gasteiger partial charge is 0.277 e. The lowest BCUT2D eigenvalue weighted by molar-refractivity contribution is -0.384. The molecule has 2 heterocycles. The average molecular weight is 403 g/mol. The molecule has 0 spiro atoms. The Labute approximate surface area is 168 Å². The highest BCUT2D eigenvalue weighted by Crippen LogP contribution is 2.34. The predicted octanol–water partition coefficient (Wildman–Crippen LogP) is 1.42. The highest BCUT2D eigenvalue weighted by molar-refractivity contribution is 6.35. The van der Waals surface area contributed by atoms with Gasteiger partial charge in [-0.1, -0.05) is 0 Å². The van der Waals surface area contributed by atoms with Crippen molar-refractivity contribution < 1.29 is 24.4 Å². The van der Waals surface area contributed by atoms with Gasteiger partial charge in [-0.15, -0.1) is 0 Å². The summed E-state index contributed by atoms with van der Waals surface area (Å²) >= 11 is 0. The van der Waals surface area contributed by atoms with E-state index in [1.807, 2.05) is 4.90 Å². The zero-order chi connectivity index (χ0) is 21.0. The summed E-state index contributed by atoms with van der Waals surface area (Å²) in [5.74, 6) is -0.723. The standard InChI is InChI=1S/C20H25N3O6/c1-29-11-3-10-22-19(25)17(15-5-7-16(8-6-15)23(27)28)18(20(22)26)21-9-2-4-14(12-21)13-24/h5-8,14,24H,2-4,9-13H2,1H3. The van der Waals surface area contributed by atoms with Crippen LogP contribution in [-0.2, 0) is 14.3 Å². The molecule has 2 aliphatic rings. The fourth-order valence-corrected chi connectivity index (χ4v) is 3.85. The molecule has 29 heavy (non-hydrogen) atoms. The Hall–Kier alpha value is -2.78. The molecule has 1 unspecified atom stereocenters. The van der Waals surface area contributed by atoms with Crippen molar-refractivity contribution in [3.63, 3.8) is 0 Å². The van der Waals surface area contributed by atoms with E-state index in [1.165, 1.54) is 29.2 Å². The van der Waals surface area contributed by atoms with Gasteiger partial charge in [0, 0.05) is 52.1 Å². The molecule has 3 rings (SSSR count). The number of hydrogen-bond donors (Lipinski definition) is 1. The molecule has 9 nitrogen and oxygen atoms in total. The van der Waals surface area contributed by atoms with Gasteiger partial charge in [-0.05, 0) is 42.9 Å². The van der Waals surface area contributed by atoms with Gasteiger partial charge in [0.15, 0.2) is 0 Å². The Kier molecular flexibility index (Phi) is 6.60. The molecule has 0 aliphatic carbocycles. The van der Waals surface area contributed by atoms with Gasteiger partial charge in [0.2, 0.25) is 0 Å². The van der Waals surface area contributed by atoms with Gasteiger partial charge in [0.05, 0.1) is 10.5 Å². The number of benzene rings is 1. The molecule has 0 saturated carbocycles. The number of nitrogens with zero attached hydrogens (tertiary/aromatic N) is 3. The van der Waals surface area contributed by atoms with E-state index in [1.54, 1.807) is 7.11 Å². The van der Waals surface area contributed by atoms with Crippen LogP contribution in [0, 0.1) is 16.0 Å². The number of non-ortho nitro benzene ring substituents is 1. The van der Waals surface area contributed by atoms with Crippen LogP contribution in [0.2, 0.25) is 0 Å². The molecule has 1 aromatic rings. The fourth-order valence-electron chi connectivity index (χ4n) is 3.85. The second-order valence-corrected chi connectivity index (χ2v) is 7.27. The van der Waals surface area contributed by atoms with Gasteiger partial charge >= 0.3 is 0 Å². The topological polar surface area (TPSA) is 113 Å². The van der Waals surface area contributed by atoms with E-state index in [0.29, 0.717) is 37.4 Å². The number of hydrogen-bond acceptors (Lipinski definition) is 7. The summed E-state index contributed by atoms with van der Waals surface area (Å²) in [6.07, 6.45) is 2.20. The molecule has 1 N–H and O–H groups in total. The first kappa shape index (κ1) is 20.9. The van der Waals surface area contributed by atoms with Gasteiger partial charge in [-0.25, -0.2) is 0 Å². The monoisotopic (exact) mass is 403 g/mol. The number of carbonyl (C=O) groups excluding carboxylic acids is 2. The third-order valence-electron chi connectivity index (χ3n) is 5.33. The number of nitro benzene ring substituents is 1. The van der Waals surface area contributed by atoms with Crippen LogP contribution in [0.4, 0.5) is 5.69 Å². The van der Waals surface area contributed by atoms with E-state index in [-0.39, 0.29) is 36.2 Å². The molecule has 2 amide bonds. The molecule has 2 aliphatic heterocycles. The van der Waals surface area contributed by atoms with Crippen LogP contribution in [0.5, 0.6) is 0 Å². The van der Waals surface area contributed by atoms with Crippen molar-refractivity contribution in [1.82, 2.24) is 9.80 Å². The van der Waals surface area contributed by atoms with E-state index < -0.39 is 10.8 Å². The second kappa shape index (κ2) is 9.15. The van der Waals surface area contributed by atoms with E-state index >= 15 is 0 Å². The van der Waals surface area contributed by atoms with Gasteiger partial charge in [0.1, 0.15) is 5.70 Å². The number of ether oxygens (including phenoxy) is 1. The molecule has 0 aromatic heterocycles. The zero-order valence-electron chi connectivity index (χ0n) is 16.4. The van der Waals surface area contributed by atoms with E-state index in [4.69, 9.17) is 4.74 Å². The number of aliphatic hydroxyl groups excluding tert-OH is 1. The van der Waals surface area contributed by atoms with Crippen LogP contribution in [0.25, 0.3) is 5.57 Å². The van der Waals surface area contributed by atoms with Crippen LogP contribution in [0.1, 0.15) is 24.8 Å². The van der Waals surface area contributed by atoms with Crippen LogP contribution < -0.4 is 0 Å². The largest absolute Gasteiger partial charge is 0.396 e. The van der Waals surface area contributed by atoms with Crippen molar-refractivity contribution in [3.8, 4) is 0 Å². The van der Waals surface area contributed by atoms with Gasteiger partial charge in [-0.3, -0.25) is 24.6 Å². The number of amides is 2. The Morgan fingerprint density at radius 2 is 1.97 bits per heavy atom. The number of imide groups is 1. The minimum Gasteiger partial charge on any atom is -0.396 e. The van der Waals surface area contributed by atoms with Crippen molar-refractivity contribution in [2.45, 2.75) is 19.3 Å². The van der Waals surface area contributed by atoms with Crippen LogP contribution in [0.3, 0.4) is 0 Å². The third-order valence-corrected chi connectivity index (χ3v) is 5.33. The SMILES string of the molecule is COCCCN1C(=O)C(c2ccc([N+](=O)[O-])cc2)=C(N2CCCC(CO)C2)C1=O.